The first-order valence-electron chi connectivity index (χ1n) is 12.9. The number of piperazine rings is 1. The molecule has 0 spiro atoms. The van der Waals surface area contributed by atoms with Gasteiger partial charge in [0.15, 0.2) is 0 Å². The van der Waals surface area contributed by atoms with Crippen molar-refractivity contribution in [1.29, 1.82) is 0 Å². The number of carbonyl (C=O) groups excluding carboxylic acids is 2. The van der Waals surface area contributed by atoms with Crippen LogP contribution >= 0.6 is 0 Å². The van der Waals surface area contributed by atoms with E-state index in [1.165, 1.54) is 4.31 Å². The Morgan fingerprint density at radius 1 is 1.03 bits per heavy atom. The summed E-state index contributed by atoms with van der Waals surface area (Å²) in [5.41, 5.74) is 0. The zero-order valence-electron chi connectivity index (χ0n) is 21.0. The van der Waals surface area contributed by atoms with Crippen molar-refractivity contribution >= 4 is 21.8 Å². The first-order chi connectivity index (χ1) is 16.9. The van der Waals surface area contributed by atoms with Crippen molar-refractivity contribution < 1.29 is 18.0 Å². The number of hydrogen-bond acceptors (Lipinski definition) is 6. The normalized spacial score (nSPS) is 22.2. The first kappa shape index (κ1) is 27.6. The summed E-state index contributed by atoms with van der Waals surface area (Å²) < 4.78 is 27.6. The standard InChI is InChI=1S/C25H41N5O4S/c1-2-28-18-20-29(21-19-28)15-7-13-27-25(32)22-8-6-16-30(17-12-24(31)26-14-11-22)35(33,34)23-9-4-3-5-10-23/h3-5,9-10,22H,2,6-8,11-21H2,1H3,(H,26,31)(H,27,32). The molecule has 1 aromatic rings. The van der Waals surface area contributed by atoms with Crippen molar-refractivity contribution in [1.82, 2.24) is 24.7 Å². The van der Waals surface area contributed by atoms with Crippen LogP contribution in [0, 0.1) is 5.92 Å². The fourth-order valence-electron chi connectivity index (χ4n) is 4.70. The highest BCUT2D eigenvalue weighted by molar-refractivity contribution is 7.89. The van der Waals surface area contributed by atoms with E-state index < -0.39 is 10.0 Å². The van der Waals surface area contributed by atoms with E-state index in [0.717, 1.165) is 45.7 Å². The molecule has 35 heavy (non-hydrogen) atoms. The maximum absolute atomic E-state index is 13.1. The summed E-state index contributed by atoms with van der Waals surface area (Å²) in [6.07, 6.45) is 2.73. The summed E-state index contributed by atoms with van der Waals surface area (Å²) in [4.78, 5) is 30.3. The number of likely N-dealkylation sites (N-methyl/N-ethyl adjacent to an activating group) is 1. The smallest absolute Gasteiger partial charge is 0.243 e. The third kappa shape index (κ3) is 8.56. The average Bonchev–Trinajstić information content (AvgIpc) is 2.92. The van der Waals surface area contributed by atoms with Gasteiger partial charge in [0.2, 0.25) is 21.8 Å². The number of carbonyl (C=O) groups is 2. The molecule has 9 nitrogen and oxygen atoms in total. The monoisotopic (exact) mass is 507 g/mol. The molecule has 10 heteroatoms. The Bertz CT molecular complexity index is 904. The summed E-state index contributed by atoms with van der Waals surface area (Å²) in [7, 11) is -3.69. The number of sulfonamides is 1. The lowest BCUT2D eigenvalue weighted by Gasteiger charge is -2.34. The second-order valence-corrected chi connectivity index (χ2v) is 11.3. The van der Waals surface area contributed by atoms with Gasteiger partial charge >= 0.3 is 0 Å². The van der Waals surface area contributed by atoms with E-state index in [9.17, 15) is 18.0 Å². The molecule has 0 aliphatic carbocycles. The maximum atomic E-state index is 13.1. The quantitative estimate of drug-likeness (QED) is 0.512. The van der Waals surface area contributed by atoms with Gasteiger partial charge in [0, 0.05) is 64.7 Å². The largest absolute Gasteiger partial charge is 0.356 e. The van der Waals surface area contributed by atoms with Crippen LogP contribution in [-0.2, 0) is 19.6 Å². The van der Waals surface area contributed by atoms with Crippen LogP contribution in [0.3, 0.4) is 0 Å². The lowest BCUT2D eigenvalue weighted by molar-refractivity contribution is -0.126. The molecular formula is C25H41N5O4S. The zero-order chi connectivity index (χ0) is 25.1. The molecule has 2 heterocycles. The summed E-state index contributed by atoms with van der Waals surface area (Å²) in [6, 6.07) is 8.30. The summed E-state index contributed by atoms with van der Waals surface area (Å²) in [5.74, 6) is -0.447. The fourth-order valence-corrected chi connectivity index (χ4v) is 6.20. The Morgan fingerprint density at radius 3 is 2.46 bits per heavy atom. The number of rotatable bonds is 8. The van der Waals surface area contributed by atoms with Gasteiger partial charge in [-0.05, 0) is 50.9 Å². The van der Waals surface area contributed by atoms with E-state index in [1.807, 2.05) is 0 Å². The summed E-state index contributed by atoms with van der Waals surface area (Å²) in [5, 5.41) is 5.91. The molecular weight excluding hydrogens is 466 g/mol. The Morgan fingerprint density at radius 2 is 1.74 bits per heavy atom. The van der Waals surface area contributed by atoms with Crippen molar-refractivity contribution in [3.8, 4) is 0 Å². The molecule has 0 aromatic heterocycles. The van der Waals surface area contributed by atoms with Crippen LogP contribution in [0.2, 0.25) is 0 Å². The van der Waals surface area contributed by atoms with Gasteiger partial charge in [-0.15, -0.1) is 0 Å². The number of nitrogens with zero attached hydrogens (tertiary/aromatic N) is 3. The van der Waals surface area contributed by atoms with Gasteiger partial charge in [0.1, 0.15) is 0 Å². The van der Waals surface area contributed by atoms with Crippen molar-refractivity contribution in [2.45, 2.75) is 43.9 Å². The van der Waals surface area contributed by atoms with Gasteiger partial charge in [-0.3, -0.25) is 9.59 Å². The predicted octanol–water partition coefficient (Wildman–Crippen LogP) is 1.13. The molecule has 2 amide bonds. The molecule has 2 fully saturated rings. The van der Waals surface area contributed by atoms with E-state index in [-0.39, 0.29) is 42.1 Å². The molecule has 2 aliphatic rings. The Balaban J connectivity index is 1.49. The highest BCUT2D eigenvalue weighted by Gasteiger charge is 2.27. The minimum absolute atomic E-state index is 0.00763. The summed E-state index contributed by atoms with van der Waals surface area (Å²) in [6.45, 7) is 10.1. The number of amides is 2. The second kappa shape index (κ2) is 13.9. The van der Waals surface area contributed by atoms with Crippen molar-refractivity contribution in [2.24, 2.45) is 5.92 Å². The Hall–Kier alpha value is -2.01. The molecule has 0 radical (unpaired) electrons. The van der Waals surface area contributed by atoms with E-state index >= 15 is 0 Å². The average molecular weight is 508 g/mol. The van der Waals surface area contributed by atoms with E-state index in [1.54, 1.807) is 30.3 Å². The molecule has 1 aromatic carbocycles. The molecule has 196 valence electrons. The van der Waals surface area contributed by atoms with Gasteiger partial charge in [0.25, 0.3) is 0 Å². The second-order valence-electron chi connectivity index (χ2n) is 9.37. The molecule has 2 aliphatic heterocycles. The van der Waals surface area contributed by atoms with Crippen LogP contribution in [0.25, 0.3) is 0 Å². The minimum Gasteiger partial charge on any atom is -0.356 e. The SMILES string of the molecule is CCN1CCN(CCCNC(=O)C2CCCN(S(=O)(=O)c3ccccc3)CCC(=O)NCC2)CC1. The molecule has 1 atom stereocenters. The molecule has 3 rings (SSSR count). The molecule has 0 bridgehead atoms. The van der Waals surface area contributed by atoms with Crippen LogP contribution in [0.1, 0.15) is 39.0 Å². The van der Waals surface area contributed by atoms with E-state index in [4.69, 9.17) is 0 Å². The Kier molecular flexibility index (Phi) is 11.0. The topological polar surface area (TPSA) is 102 Å². The van der Waals surface area contributed by atoms with Crippen molar-refractivity contribution in [2.75, 3.05) is 65.4 Å². The van der Waals surface area contributed by atoms with Gasteiger partial charge in [0.05, 0.1) is 4.90 Å². The molecule has 0 saturated carbocycles. The maximum Gasteiger partial charge on any atom is 0.243 e. The molecule has 2 N–H and O–H groups in total. The van der Waals surface area contributed by atoms with Gasteiger partial charge in [-0.2, -0.15) is 4.31 Å². The van der Waals surface area contributed by atoms with Gasteiger partial charge in [-0.25, -0.2) is 8.42 Å². The van der Waals surface area contributed by atoms with Crippen LogP contribution in [-0.4, -0.2) is 99.8 Å². The van der Waals surface area contributed by atoms with Crippen LogP contribution in [0.4, 0.5) is 0 Å². The Labute approximate surface area is 210 Å². The van der Waals surface area contributed by atoms with Crippen LogP contribution < -0.4 is 10.6 Å². The summed E-state index contributed by atoms with van der Waals surface area (Å²) >= 11 is 0. The van der Waals surface area contributed by atoms with Crippen molar-refractivity contribution in [3.63, 3.8) is 0 Å². The predicted molar refractivity (Wildman–Crippen MR) is 136 cm³/mol. The number of benzene rings is 1. The minimum atomic E-state index is -3.69. The molecule has 1 unspecified atom stereocenters. The highest BCUT2D eigenvalue weighted by Crippen LogP contribution is 2.19. The van der Waals surface area contributed by atoms with E-state index in [2.05, 4.69) is 27.4 Å². The lowest BCUT2D eigenvalue weighted by Crippen LogP contribution is -2.46. The van der Waals surface area contributed by atoms with Crippen molar-refractivity contribution in [3.05, 3.63) is 30.3 Å². The fraction of sp³-hybridized carbons (Fsp3) is 0.680. The molecule has 2 saturated heterocycles. The van der Waals surface area contributed by atoms with E-state index in [0.29, 0.717) is 32.4 Å². The third-order valence-electron chi connectivity index (χ3n) is 6.98. The third-order valence-corrected chi connectivity index (χ3v) is 8.89. The zero-order valence-corrected chi connectivity index (χ0v) is 21.8. The first-order valence-corrected chi connectivity index (χ1v) is 14.4. The number of hydrogen-bond donors (Lipinski definition) is 2. The number of nitrogens with one attached hydrogen (secondary N) is 2. The highest BCUT2D eigenvalue weighted by atomic mass is 32.2. The van der Waals surface area contributed by atoms with Gasteiger partial charge < -0.3 is 20.4 Å². The lowest BCUT2D eigenvalue weighted by atomic mass is 9.98. The van der Waals surface area contributed by atoms with Crippen LogP contribution in [0.15, 0.2) is 35.2 Å². The van der Waals surface area contributed by atoms with Crippen LogP contribution in [0.5, 0.6) is 0 Å². The van der Waals surface area contributed by atoms with Gasteiger partial charge in [-0.1, -0.05) is 25.1 Å².